The molecule has 0 aromatic heterocycles. The van der Waals surface area contributed by atoms with Crippen LogP contribution >= 0.6 is 0 Å². The second-order valence-electron chi connectivity index (χ2n) is 9.45. The van der Waals surface area contributed by atoms with Crippen molar-refractivity contribution >= 4 is 23.1 Å². The zero-order valence-electron chi connectivity index (χ0n) is 21.5. The fourth-order valence-electron chi connectivity index (χ4n) is 4.41. The molecule has 9 nitrogen and oxygen atoms in total. The SMILES string of the molecule is Cc1cccc(COc2ccc(/C(O)=C3\C(=O)C(=O)N(CCN(C)C)[C@H]3c3cccc([N+](=O)[O-])c3)cc2)c1. The maximum atomic E-state index is 13.2. The third-order valence-corrected chi connectivity index (χ3v) is 6.34. The molecule has 3 aromatic carbocycles. The number of carbonyl (C=O) groups is 2. The van der Waals surface area contributed by atoms with Crippen molar-refractivity contribution in [2.24, 2.45) is 0 Å². The number of nitro groups is 1. The van der Waals surface area contributed by atoms with Crippen molar-refractivity contribution in [2.45, 2.75) is 19.6 Å². The predicted octanol–water partition coefficient (Wildman–Crippen LogP) is 4.47. The van der Waals surface area contributed by atoms with E-state index in [1.165, 1.54) is 23.1 Å². The highest BCUT2D eigenvalue weighted by Gasteiger charge is 2.46. The molecule has 1 heterocycles. The topological polar surface area (TPSA) is 113 Å². The van der Waals surface area contributed by atoms with E-state index in [9.17, 15) is 24.8 Å². The summed E-state index contributed by atoms with van der Waals surface area (Å²) in [5.41, 5.74) is 2.57. The zero-order valence-corrected chi connectivity index (χ0v) is 21.5. The van der Waals surface area contributed by atoms with Crippen LogP contribution in [-0.2, 0) is 16.2 Å². The van der Waals surface area contributed by atoms with Crippen LogP contribution in [0, 0.1) is 17.0 Å². The molecule has 0 unspecified atom stereocenters. The van der Waals surface area contributed by atoms with Crippen molar-refractivity contribution in [3.8, 4) is 5.75 Å². The average molecular weight is 516 g/mol. The minimum Gasteiger partial charge on any atom is -0.507 e. The summed E-state index contributed by atoms with van der Waals surface area (Å²) in [6.07, 6.45) is 0. The van der Waals surface area contributed by atoms with Gasteiger partial charge in [-0.1, -0.05) is 42.0 Å². The summed E-state index contributed by atoms with van der Waals surface area (Å²) in [6, 6.07) is 19.4. The predicted molar refractivity (Wildman–Crippen MR) is 143 cm³/mol. The van der Waals surface area contributed by atoms with Crippen molar-refractivity contribution < 1.29 is 24.4 Å². The van der Waals surface area contributed by atoms with E-state index in [0.717, 1.165) is 11.1 Å². The second-order valence-corrected chi connectivity index (χ2v) is 9.45. The highest BCUT2D eigenvalue weighted by atomic mass is 16.6. The van der Waals surface area contributed by atoms with Crippen LogP contribution in [-0.4, -0.2) is 58.7 Å². The van der Waals surface area contributed by atoms with Crippen molar-refractivity contribution in [3.05, 3.63) is 111 Å². The van der Waals surface area contributed by atoms with Gasteiger partial charge in [-0.15, -0.1) is 0 Å². The first-order chi connectivity index (χ1) is 18.2. The molecule has 196 valence electrons. The summed E-state index contributed by atoms with van der Waals surface area (Å²) in [4.78, 5) is 40.3. The van der Waals surface area contributed by atoms with E-state index in [4.69, 9.17) is 4.74 Å². The highest BCUT2D eigenvalue weighted by molar-refractivity contribution is 6.46. The lowest BCUT2D eigenvalue weighted by Crippen LogP contribution is -2.35. The number of aryl methyl sites for hydroxylation is 1. The van der Waals surface area contributed by atoms with Gasteiger partial charge >= 0.3 is 0 Å². The molecule has 0 saturated carbocycles. The standard InChI is InChI=1S/C29H29N3O6/c1-19-6-4-7-20(16-19)18-38-24-12-10-21(11-13-24)27(33)25-26(22-8-5-9-23(17-22)32(36)37)31(15-14-30(2)3)29(35)28(25)34/h4-13,16-17,26,33H,14-15,18H2,1-3H3/b27-25+/t26-/m0/s1. The van der Waals surface area contributed by atoms with Gasteiger partial charge in [0.25, 0.3) is 17.4 Å². The van der Waals surface area contributed by atoms with Gasteiger partial charge in [0, 0.05) is 30.8 Å². The third-order valence-electron chi connectivity index (χ3n) is 6.34. The van der Waals surface area contributed by atoms with Crippen molar-refractivity contribution in [2.75, 3.05) is 27.2 Å². The molecule has 0 bridgehead atoms. The van der Waals surface area contributed by atoms with Gasteiger partial charge in [0.2, 0.25) is 0 Å². The van der Waals surface area contributed by atoms with Crippen LogP contribution < -0.4 is 4.74 Å². The fourth-order valence-corrected chi connectivity index (χ4v) is 4.41. The number of aliphatic hydroxyl groups is 1. The maximum Gasteiger partial charge on any atom is 0.295 e. The number of likely N-dealkylation sites (tertiary alicyclic amines) is 1. The molecule has 1 amide bonds. The molecule has 1 aliphatic rings. The number of ketones is 1. The molecule has 1 aliphatic heterocycles. The number of non-ortho nitro benzene ring substituents is 1. The Balaban J connectivity index is 1.68. The Morgan fingerprint density at radius 1 is 1.05 bits per heavy atom. The Hall–Kier alpha value is -4.50. The summed E-state index contributed by atoms with van der Waals surface area (Å²) in [6.45, 7) is 3.04. The van der Waals surface area contributed by atoms with Gasteiger partial charge in [-0.3, -0.25) is 19.7 Å². The molecular weight excluding hydrogens is 486 g/mol. The Bertz CT molecular complexity index is 1400. The van der Waals surface area contributed by atoms with Gasteiger partial charge < -0.3 is 19.6 Å². The molecule has 1 saturated heterocycles. The van der Waals surface area contributed by atoms with Crippen LogP contribution in [0.3, 0.4) is 0 Å². The number of rotatable bonds is 9. The van der Waals surface area contributed by atoms with Crippen molar-refractivity contribution in [1.29, 1.82) is 0 Å². The molecule has 3 aromatic rings. The molecule has 0 radical (unpaired) electrons. The molecule has 0 spiro atoms. The summed E-state index contributed by atoms with van der Waals surface area (Å²) < 4.78 is 5.85. The summed E-state index contributed by atoms with van der Waals surface area (Å²) in [5, 5.41) is 22.6. The summed E-state index contributed by atoms with van der Waals surface area (Å²) in [7, 11) is 3.67. The number of nitrogens with zero attached hydrogens (tertiary/aromatic N) is 3. The monoisotopic (exact) mass is 515 g/mol. The number of ether oxygens (including phenoxy) is 1. The quantitative estimate of drug-likeness (QED) is 0.147. The van der Waals surface area contributed by atoms with Gasteiger partial charge in [-0.2, -0.15) is 0 Å². The van der Waals surface area contributed by atoms with Gasteiger partial charge in [0.15, 0.2) is 0 Å². The Kier molecular flexibility index (Phi) is 7.87. The largest absolute Gasteiger partial charge is 0.507 e. The van der Waals surface area contributed by atoms with Gasteiger partial charge in [-0.05, 0) is 56.4 Å². The smallest absolute Gasteiger partial charge is 0.295 e. The number of amides is 1. The van der Waals surface area contributed by atoms with E-state index in [1.807, 2.05) is 50.2 Å². The molecule has 9 heteroatoms. The Morgan fingerprint density at radius 2 is 1.76 bits per heavy atom. The number of likely N-dealkylation sites (N-methyl/N-ethyl adjacent to an activating group) is 1. The van der Waals surface area contributed by atoms with E-state index < -0.39 is 22.7 Å². The number of nitro benzene ring substituents is 1. The van der Waals surface area contributed by atoms with E-state index in [2.05, 4.69) is 0 Å². The molecule has 38 heavy (non-hydrogen) atoms. The Morgan fingerprint density at radius 3 is 2.42 bits per heavy atom. The number of aliphatic hydroxyl groups excluding tert-OH is 1. The summed E-state index contributed by atoms with van der Waals surface area (Å²) >= 11 is 0. The summed E-state index contributed by atoms with van der Waals surface area (Å²) in [5.74, 6) is -1.37. The first-order valence-corrected chi connectivity index (χ1v) is 12.1. The number of benzene rings is 3. The minimum atomic E-state index is -0.966. The molecule has 4 rings (SSSR count). The first-order valence-electron chi connectivity index (χ1n) is 12.1. The van der Waals surface area contributed by atoms with Crippen LogP contribution in [0.4, 0.5) is 5.69 Å². The van der Waals surface area contributed by atoms with Crippen LogP contribution in [0.25, 0.3) is 5.76 Å². The van der Waals surface area contributed by atoms with E-state index in [0.29, 0.717) is 30.0 Å². The normalized spacial score (nSPS) is 16.7. The molecule has 1 N–H and O–H groups in total. The number of hydrogen-bond donors (Lipinski definition) is 1. The molecule has 1 fully saturated rings. The number of Topliss-reactive ketones (excluding diaryl/α,β-unsaturated/α-hetero) is 1. The van der Waals surface area contributed by atoms with Crippen LogP contribution in [0.5, 0.6) is 5.75 Å². The zero-order chi connectivity index (χ0) is 27.4. The van der Waals surface area contributed by atoms with E-state index in [-0.39, 0.29) is 23.6 Å². The second kappa shape index (κ2) is 11.3. The first kappa shape index (κ1) is 26.6. The lowest BCUT2D eigenvalue weighted by Gasteiger charge is -2.26. The van der Waals surface area contributed by atoms with E-state index >= 15 is 0 Å². The van der Waals surface area contributed by atoms with Gasteiger partial charge in [-0.25, -0.2) is 0 Å². The average Bonchev–Trinajstić information content (AvgIpc) is 3.15. The van der Waals surface area contributed by atoms with Crippen LogP contribution in [0.1, 0.15) is 28.3 Å². The minimum absolute atomic E-state index is 0.109. The number of carbonyl (C=O) groups excluding carboxylic acids is 2. The molecular formula is C29H29N3O6. The van der Waals surface area contributed by atoms with Gasteiger partial charge in [0.05, 0.1) is 16.5 Å². The molecule has 0 aliphatic carbocycles. The lowest BCUT2D eigenvalue weighted by atomic mass is 9.95. The maximum absolute atomic E-state index is 13.2. The third kappa shape index (κ3) is 5.73. The fraction of sp³-hybridized carbons (Fsp3) is 0.241. The highest BCUT2D eigenvalue weighted by Crippen LogP contribution is 2.40. The van der Waals surface area contributed by atoms with Crippen molar-refractivity contribution in [3.63, 3.8) is 0 Å². The van der Waals surface area contributed by atoms with Crippen molar-refractivity contribution in [1.82, 2.24) is 9.80 Å². The van der Waals surface area contributed by atoms with Gasteiger partial charge in [0.1, 0.15) is 18.1 Å². The lowest BCUT2D eigenvalue weighted by molar-refractivity contribution is -0.384. The van der Waals surface area contributed by atoms with Crippen LogP contribution in [0.15, 0.2) is 78.4 Å². The molecule has 1 atom stereocenters. The Labute approximate surface area is 220 Å². The van der Waals surface area contributed by atoms with E-state index in [1.54, 1.807) is 30.3 Å². The number of hydrogen-bond acceptors (Lipinski definition) is 7. The van der Waals surface area contributed by atoms with Crippen LogP contribution in [0.2, 0.25) is 0 Å².